The fraction of sp³-hybridized carbons (Fsp3) is 0.611. The molecule has 1 fully saturated rings. The van der Waals surface area contributed by atoms with Crippen LogP contribution in [0.15, 0.2) is 12.3 Å². The van der Waals surface area contributed by atoms with Crippen molar-refractivity contribution in [2.24, 2.45) is 5.92 Å². The molecule has 2 heterocycles. The molecule has 2 amide bonds. The highest BCUT2D eigenvalue weighted by Gasteiger charge is 2.36. The van der Waals surface area contributed by atoms with Gasteiger partial charge >= 0.3 is 0 Å². The summed E-state index contributed by atoms with van der Waals surface area (Å²) in [6.45, 7) is 7.18. The van der Waals surface area contributed by atoms with Crippen molar-refractivity contribution in [1.29, 1.82) is 0 Å². The van der Waals surface area contributed by atoms with Gasteiger partial charge in [0.1, 0.15) is 5.75 Å². The molecule has 7 heteroatoms. The molecular formula is C18H27N3O3S. The maximum absolute atomic E-state index is 12.6. The van der Waals surface area contributed by atoms with Crippen molar-refractivity contribution in [3.05, 3.63) is 23.5 Å². The number of pyridine rings is 1. The minimum Gasteiger partial charge on any atom is -0.494 e. The minimum atomic E-state index is -0.264. The molecule has 6 nitrogen and oxygen atoms in total. The van der Waals surface area contributed by atoms with Gasteiger partial charge in [0.05, 0.1) is 18.4 Å². The van der Waals surface area contributed by atoms with Gasteiger partial charge in [0.25, 0.3) is 5.91 Å². The zero-order chi connectivity index (χ0) is 18.6. The van der Waals surface area contributed by atoms with Crippen LogP contribution in [0.5, 0.6) is 5.75 Å². The Morgan fingerprint density at radius 3 is 2.80 bits per heavy atom. The van der Waals surface area contributed by atoms with Gasteiger partial charge in [0, 0.05) is 19.3 Å². The number of aryl methyl sites for hydroxylation is 1. The topological polar surface area (TPSA) is 71.5 Å². The van der Waals surface area contributed by atoms with Gasteiger partial charge in [-0.15, -0.1) is 0 Å². The van der Waals surface area contributed by atoms with E-state index in [2.05, 4.69) is 17.2 Å². The molecule has 0 saturated carbocycles. The molecule has 3 atom stereocenters. The molecule has 25 heavy (non-hydrogen) atoms. The first kappa shape index (κ1) is 19.6. The number of amides is 2. The van der Waals surface area contributed by atoms with Crippen molar-refractivity contribution in [3.63, 3.8) is 0 Å². The SMILES string of the molecule is CCC(SC)C(=O)N1C[C@@H](C)[C@H](NC(=O)c2ncc(C)cc2OC)C1. The number of likely N-dealkylation sites (tertiary alicyclic amines) is 1. The lowest BCUT2D eigenvalue weighted by molar-refractivity contribution is -0.129. The smallest absolute Gasteiger partial charge is 0.274 e. The van der Waals surface area contributed by atoms with Crippen LogP contribution in [0.25, 0.3) is 0 Å². The van der Waals surface area contributed by atoms with Crippen LogP contribution in [0.4, 0.5) is 0 Å². The van der Waals surface area contributed by atoms with E-state index in [0.717, 1.165) is 12.0 Å². The second kappa shape index (κ2) is 8.56. The maximum atomic E-state index is 12.6. The van der Waals surface area contributed by atoms with Crippen LogP contribution in [0.2, 0.25) is 0 Å². The van der Waals surface area contributed by atoms with Gasteiger partial charge in [-0.1, -0.05) is 13.8 Å². The Labute approximate surface area is 153 Å². The molecule has 0 bridgehead atoms. The number of thioether (sulfide) groups is 1. The third-order valence-corrected chi connectivity index (χ3v) is 5.70. The second-order valence-corrected chi connectivity index (χ2v) is 7.54. The summed E-state index contributed by atoms with van der Waals surface area (Å²) in [6, 6.07) is 1.71. The molecular weight excluding hydrogens is 338 g/mol. The van der Waals surface area contributed by atoms with E-state index in [1.54, 1.807) is 24.0 Å². The quantitative estimate of drug-likeness (QED) is 0.836. The Kier molecular flexibility index (Phi) is 6.70. The zero-order valence-corrected chi connectivity index (χ0v) is 16.4. The number of ether oxygens (including phenoxy) is 1. The fourth-order valence-electron chi connectivity index (χ4n) is 3.09. The molecule has 1 aromatic heterocycles. The number of carbonyl (C=O) groups is 2. The monoisotopic (exact) mass is 365 g/mol. The highest BCUT2D eigenvalue weighted by molar-refractivity contribution is 7.99. The summed E-state index contributed by atoms with van der Waals surface area (Å²) in [6.07, 6.45) is 4.42. The lowest BCUT2D eigenvalue weighted by Gasteiger charge is -2.21. The van der Waals surface area contributed by atoms with Crippen LogP contribution in [0.1, 0.15) is 36.3 Å². The molecule has 0 radical (unpaired) electrons. The van der Waals surface area contributed by atoms with E-state index < -0.39 is 0 Å². The number of hydrogen-bond acceptors (Lipinski definition) is 5. The summed E-state index contributed by atoms with van der Waals surface area (Å²) in [5.74, 6) is 0.553. The number of nitrogens with zero attached hydrogens (tertiary/aromatic N) is 2. The Bertz CT molecular complexity index is 634. The molecule has 1 aliphatic rings. The first-order chi connectivity index (χ1) is 11.9. The summed E-state index contributed by atoms with van der Waals surface area (Å²) >= 11 is 1.58. The Hall–Kier alpha value is -1.76. The third kappa shape index (κ3) is 4.45. The molecule has 0 spiro atoms. The lowest BCUT2D eigenvalue weighted by Crippen LogP contribution is -2.42. The molecule has 0 aliphatic carbocycles. The Morgan fingerprint density at radius 2 is 2.20 bits per heavy atom. The fourth-order valence-corrected chi connectivity index (χ4v) is 3.77. The van der Waals surface area contributed by atoms with E-state index in [-0.39, 0.29) is 34.7 Å². The second-order valence-electron chi connectivity index (χ2n) is 6.50. The minimum absolute atomic E-state index is 0.0134. The Balaban J connectivity index is 2.06. The molecule has 1 unspecified atom stereocenters. The van der Waals surface area contributed by atoms with Gasteiger partial charge in [-0.2, -0.15) is 11.8 Å². The van der Waals surface area contributed by atoms with Gasteiger partial charge in [0.2, 0.25) is 5.91 Å². The van der Waals surface area contributed by atoms with Gasteiger partial charge < -0.3 is 15.0 Å². The van der Waals surface area contributed by atoms with Gasteiger partial charge in [-0.3, -0.25) is 9.59 Å². The van der Waals surface area contributed by atoms with Crippen molar-refractivity contribution in [2.75, 3.05) is 26.5 Å². The molecule has 1 aromatic rings. The molecule has 2 rings (SSSR count). The summed E-state index contributed by atoms with van der Waals surface area (Å²) in [5.41, 5.74) is 1.21. The van der Waals surface area contributed by atoms with E-state index in [1.165, 1.54) is 7.11 Å². The molecule has 1 N–H and O–H groups in total. The van der Waals surface area contributed by atoms with Crippen LogP contribution in [-0.2, 0) is 4.79 Å². The number of carbonyl (C=O) groups excluding carboxylic acids is 2. The van der Waals surface area contributed by atoms with Crippen LogP contribution in [0.3, 0.4) is 0 Å². The summed E-state index contributed by atoms with van der Waals surface area (Å²) in [5, 5.41) is 3.00. The average molecular weight is 365 g/mol. The predicted octanol–water partition coefficient (Wildman–Crippen LogP) is 2.12. The van der Waals surface area contributed by atoms with E-state index in [0.29, 0.717) is 18.8 Å². The van der Waals surface area contributed by atoms with Gasteiger partial charge in [-0.05, 0) is 37.1 Å². The first-order valence-corrected chi connectivity index (χ1v) is 9.83. The highest BCUT2D eigenvalue weighted by atomic mass is 32.2. The van der Waals surface area contributed by atoms with Crippen molar-refractivity contribution in [3.8, 4) is 5.75 Å². The van der Waals surface area contributed by atoms with E-state index >= 15 is 0 Å². The number of methoxy groups -OCH3 is 1. The van der Waals surface area contributed by atoms with Crippen molar-refractivity contribution >= 4 is 23.6 Å². The number of rotatable bonds is 6. The number of nitrogens with one attached hydrogen (secondary N) is 1. The van der Waals surface area contributed by atoms with Crippen LogP contribution < -0.4 is 10.1 Å². The van der Waals surface area contributed by atoms with Gasteiger partial charge in [-0.25, -0.2) is 4.98 Å². The van der Waals surface area contributed by atoms with Crippen molar-refractivity contribution in [1.82, 2.24) is 15.2 Å². The van der Waals surface area contributed by atoms with Crippen LogP contribution in [-0.4, -0.2) is 59.4 Å². The number of hydrogen-bond donors (Lipinski definition) is 1. The third-order valence-electron chi connectivity index (χ3n) is 4.60. The maximum Gasteiger partial charge on any atom is 0.274 e. The van der Waals surface area contributed by atoms with Crippen molar-refractivity contribution in [2.45, 2.75) is 38.5 Å². The zero-order valence-electron chi connectivity index (χ0n) is 15.5. The summed E-state index contributed by atoms with van der Waals surface area (Å²) in [4.78, 5) is 31.2. The van der Waals surface area contributed by atoms with Crippen molar-refractivity contribution < 1.29 is 14.3 Å². The molecule has 1 saturated heterocycles. The molecule has 138 valence electrons. The highest BCUT2D eigenvalue weighted by Crippen LogP contribution is 2.23. The number of aromatic nitrogens is 1. The average Bonchev–Trinajstić information content (AvgIpc) is 2.96. The van der Waals surface area contributed by atoms with Gasteiger partial charge in [0.15, 0.2) is 5.69 Å². The molecule has 0 aromatic carbocycles. The van der Waals surface area contributed by atoms with Crippen LogP contribution in [0, 0.1) is 12.8 Å². The van der Waals surface area contributed by atoms with E-state index in [1.807, 2.05) is 25.0 Å². The van der Waals surface area contributed by atoms with Crippen LogP contribution >= 0.6 is 11.8 Å². The standard InChI is InChI=1S/C18H27N3O3S/c1-6-15(25-5)18(23)21-9-12(3)13(10-21)20-17(22)16-14(24-4)7-11(2)8-19-16/h7-8,12-13,15H,6,9-10H2,1-5H3,(H,20,22)/t12-,13-,15?/m1/s1. The largest absolute Gasteiger partial charge is 0.494 e. The summed E-state index contributed by atoms with van der Waals surface area (Å²) in [7, 11) is 1.53. The Morgan fingerprint density at radius 1 is 1.48 bits per heavy atom. The van der Waals surface area contributed by atoms with E-state index in [9.17, 15) is 9.59 Å². The molecule has 1 aliphatic heterocycles. The summed E-state index contributed by atoms with van der Waals surface area (Å²) < 4.78 is 5.27. The normalized spacial score (nSPS) is 21.1. The predicted molar refractivity (Wildman–Crippen MR) is 100 cm³/mol. The van der Waals surface area contributed by atoms with E-state index in [4.69, 9.17) is 4.74 Å². The lowest BCUT2D eigenvalue weighted by atomic mass is 10.1. The first-order valence-electron chi connectivity index (χ1n) is 8.54.